The Kier molecular flexibility index (Phi) is 6.28. The monoisotopic (exact) mass is 423 g/mol. The maximum absolute atomic E-state index is 12.4. The molecule has 1 aromatic rings. The zero-order valence-corrected chi connectivity index (χ0v) is 15.8. The number of terminal acetylenes is 1. The van der Waals surface area contributed by atoms with Crippen LogP contribution in [0.4, 0.5) is 4.79 Å². The smallest absolute Gasteiger partial charge is 0.328 e. The average Bonchev–Trinajstić information content (AvgIpc) is 2.86. The van der Waals surface area contributed by atoms with Gasteiger partial charge in [-0.05, 0) is 58.4 Å². The number of nitrogens with zero attached hydrogens (tertiary/aromatic N) is 1. The van der Waals surface area contributed by atoms with Crippen LogP contribution >= 0.6 is 27.7 Å². The summed E-state index contributed by atoms with van der Waals surface area (Å²) in [6.07, 6.45) is 6.73. The summed E-state index contributed by atoms with van der Waals surface area (Å²) in [5, 5.41) is -0.512. The molecule has 25 heavy (non-hydrogen) atoms. The first-order valence-electron chi connectivity index (χ1n) is 7.09. The summed E-state index contributed by atoms with van der Waals surface area (Å²) in [6, 6.07) is 4.20. The van der Waals surface area contributed by atoms with Gasteiger partial charge in [0.05, 0.1) is 16.5 Å². The molecule has 0 unspecified atom stereocenters. The van der Waals surface area contributed by atoms with Crippen LogP contribution in [0.15, 0.2) is 27.6 Å². The molecule has 1 aromatic carbocycles. The number of imide groups is 1. The molecule has 0 spiro atoms. The molecule has 1 atom stereocenters. The van der Waals surface area contributed by atoms with Crippen LogP contribution in [0.2, 0.25) is 0 Å². The van der Waals surface area contributed by atoms with E-state index in [9.17, 15) is 14.4 Å². The van der Waals surface area contributed by atoms with Gasteiger partial charge in [-0.2, -0.15) is 0 Å². The van der Waals surface area contributed by atoms with Crippen molar-refractivity contribution in [1.29, 1.82) is 0 Å². The molecule has 1 aliphatic heterocycles. The largest absolute Gasteiger partial charge is 0.480 e. The predicted octanol–water partition coefficient (Wildman–Crippen LogP) is 3.06. The lowest BCUT2D eigenvalue weighted by Crippen LogP contribution is -2.42. The lowest BCUT2D eigenvalue weighted by Gasteiger charge is -2.18. The molecule has 6 nitrogen and oxygen atoms in total. The number of amides is 2. The Hall–Kier alpha value is -2.24. The maximum atomic E-state index is 12.4. The van der Waals surface area contributed by atoms with Crippen molar-refractivity contribution in [2.24, 2.45) is 0 Å². The van der Waals surface area contributed by atoms with Crippen molar-refractivity contribution in [2.45, 2.75) is 13.0 Å². The number of hydrogen-bond donors (Lipinski definition) is 0. The fraction of sp³-hybridized carbons (Fsp3) is 0.235. The third-order valence-corrected chi connectivity index (χ3v) is 4.82. The molecule has 0 aliphatic carbocycles. The molecule has 1 fully saturated rings. The van der Waals surface area contributed by atoms with E-state index < -0.39 is 23.2 Å². The highest BCUT2D eigenvalue weighted by Crippen LogP contribution is 2.35. The highest BCUT2D eigenvalue weighted by molar-refractivity contribution is 9.10. The Morgan fingerprint density at radius 1 is 1.48 bits per heavy atom. The van der Waals surface area contributed by atoms with E-state index in [-0.39, 0.29) is 11.5 Å². The molecule has 0 aromatic heterocycles. The van der Waals surface area contributed by atoms with Gasteiger partial charge in [-0.25, -0.2) is 4.79 Å². The van der Waals surface area contributed by atoms with Crippen molar-refractivity contribution < 1.29 is 23.9 Å². The summed E-state index contributed by atoms with van der Waals surface area (Å²) >= 11 is 4.14. The minimum Gasteiger partial charge on any atom is -0.480 e. The van der Waals surface area contributed by atoms with Crippen molar-refractivity contribution in [1.82, 2.24) is 4.90 Å². The number of rotatable bonds is 5. The van der Waals surface area contributed by atoms with Crippen LogP contribution in [0.3, 0.4) is 0 Å². The topological polar surface area (TPSA) is 72.9 Å². The van der Waals surface area contributed by atoms with Crippen molar-refractivity contribution in [3.05, 3.63) is 33.1 Å². The Morgan fingerprint density at radius 3 is 2.80 bits per heavy atom. The number of ether oxygens (including phenoxy) is 2. The minimum absolute atomic E-state index is 0.141. The number of benzene rings is 1. The van der Waals surface area contributed by atoms with E-state index in [1.807, 2.05) is 0 Å². The van der Waals surface area contributed by atoms with Gasteiger partial charge in [0.1, 0.15) is 18.4 Å². The second-order valence-corrected chi connectivity index (χ2v) is 6.78. The van der Waals surface area contributed by atoms with Crippen LogP contribution in [0.25, 0.3) is 6.08 Å². The summed E-state index contributed by atoms with van der Waals surface area (Å²) in [4.78, 5) is 37.2. The van der Waals surface area contributed by atoms with Crippen LogP contribution in [0, 0.1) is 12.3 Å². The molecule has 8 heteroatoms. The fourth-order valence-electron chi connectivity index (χ4n) is 2.08. The van der Waals surface area contributed by atoms with Gasteiger partial charge in [0, 0.05) is 0 Å². The number of halogens is 1. The zero-order valence-electron chi connectivity index (χ0n) is 13.4. The van der Waals surface area contributed by atoms with Crippen LogP contribution in [0.1, 0.15) is 12.5 Å². The van der Waals surface area contributed by atoms with Gasteiger partial charge in [-0.3, -0.25) is 14.5 Å². The average molecular weight is 424 g/mol. The summed E-state index contributed by atoms with van der Waals surface area (Å²) in [5.41, 5.74) is 0.691. The van der Waals surface area contributed by atoms with Crippen LogP contribution in [-0.2, 0) is 14.3 Å². The normalized spacial score (nSPS) is 16.7. The van der Waals surface area contributed by atoms with Crippen molar-refractivity contribution in [2.75, 3.05) is 13.7 Å². The van der Waals surface area contributed by atoms with E-state index in [0.29, 0.717) is 15.8 Å². The lowest BCUT2D eigenvalue weighted by molar-refractivity contribution is -0.148. The Labute approximate surface area is 157 Å². The highest BCUT2D eigenvalue weighted by atomic mass is 79.9. The van der Waals surface area contributed by atoms with E-state index in [4.69, 9.17) is 11.2 Å². The molecule has 1 heterocycles. The zero-order chi connectivity index (χ0) is 18.6. The molecule has 0 bridgehead atoms. The molecule has 2 amide bonds. The van der Waals surface area contributed by atoms with Gasteiger partial charge in [0.15, 0.2) is 0 Å². The first-order valence-corrected chi connectivity index (χ1v) is 8.70. The first kappa shape index (κ1) is 19.1. The second kappa shape index (κ2) is 8.23. The number of carbonyl (C=O) groups is 3. The quantitative estimate of drug-likeness (QED) is 0.411. The number of carbonyl (C=O) groups excluding carboxylic acids is 3. The summed E-state index contributed by atoms with van der Waals surface area (Å²) in [7, 11) is 1.20. The minimum atomic E-state index is -0.977. The van der Waals surface area contributed by atoms with E-state index in [0.717, 1.165) is 16.7 Å². The summed E-state index contributed by atoms with van der Waals surface area (Å²) in [6.45, 7) is 1.58. The third-order valence-electron chi connectivity index (χ3n) is 3.32. The van der Waals surface area contributed by atoms with E-state index in [1.54, 1.807) is 24.3 Å². The van der Waals surface area contributed by atoms with E-state index >= 15 is 0 Å². The molecule has 1 saturated heterocycles. The van der Waals surface area contributed by atoms with Crippen LogP contribution in [0.5, 0.6) is 5.75 Å². The number of esters is 1. The molecular weight excluding hydrogens is 410 g/mol. The van der Waals surface area contributed by atoms with Gasteiger partial charge in [0.25, 0.3) is 11.1 Å². The van der Waals surface area contributed by atoms with Crippen LogP contribution in [-0.4, -0.2) is 41.8 Å². The molecule has 1 aliphatic rings. The van der Waals surface area contributed by atoms with Crippen molar-refractivity contribution in [3.8, 4) is 18.1 Å². The van der Waals surface area contributed by atoms with Gasteiger partial charge in [0.2, 0.25) is 0 Å². The number of hydrogen-bond acceptors (Lipinski definition) is 6. The van der Waals surface area contributed by atoms with E-state index in [2.05, 4.69) is 26.6 Å². The van der Waals surface area contributed by atoms with Gasteiger partial charge >= 0.3 is 5.97 Å². The second-order valence-electron chi connectivity index (χ2n) is 4.93. The summed E-state index contributed by atoms with van der Waals surface area (Å²) < 4.78 is 10.6. The summed E-state index contributed by atoms with van der Waals surface area (Å²) in [5.74, 6) is 1.76. The van der Waals surface area contributed by atoms with E-state index in [1.165, 1.54) is 14.0 Å². The number of thioether (sulfide) groups is 1. The van der Waals surface area contributed by atoms with Crippen molar-refractivity contribution >= 4 is 50.9 Å². The van der Waals surface area contributed by atoms with Crippen molar-refractivity contribution in [3.63, 3.8) is 0 Å². The maximum Gasteiger partial charge on any atom is 0.328 e. The molecular formula is C17H14BrNO5S. The van der Waals surface area contributed by atoms with Crippen LogP contribution < -0.4 is 4.74 Å². The molecule has 0 saturated carbocycles. The van der Waals surface area contributed by atoms with Gasteiger partial charge in [-0.1, -0.05) is 12.0 Å². The SMILES string of the molecule is C#CCOc1ccc(/C=C2/SC(=O)N([C@@H](C)C(=O)OC)C2=O)cc1Br. The Morgan fingerprint density at radius 2 is 2.20 bits per heavy atom. The first-order chi connectivity index (χ1) is 11.9. The predicted molar refractivity (Wildman–Crippen MR) is 97.8 cm³/mol. The Bertz CT molecular complexity index is 799. The molecule has 0 N–H and O–H groups in total. The molecule has 2 rings (SSSR count). The fourth-order valence-corrected chi connectivity index (χ4v) is 3.50. The highest BCUT2D eigenvalue weighted by Gasteiger charge is 2.41. The Balaban J connectivity index is 2.23. The standard InChI is InChI=1S/C17H14BrNO5S/c1-4-7-24-13-6-5-11(8-12(13)18)9-14-15(20)19(17(22)25-14)10(2)16(21)23-3/h1,5-6,8-10H,7H2,2-3H3/b14-9+/t10-/m0/s1. The molecule has 0 radical (unpaired) electrons. The number of methoxy groups -OCH3 is 1. The third kappa shape index (κ3) is 4.24. The van der Waals surface area contributed by atoms with Gasteiger partial charge < -0.3 is 9.47 Å². The van der Waals surface area contributed by atoms with Gasteiger partial charge in [-0.15, -0.1) is 6.42 Å². The molecule has 130 valence electrons. The lowest BCUT2D eigenvalue weighted by atomic mass is 10.2.